The molecule has 2 aromatic carbocycles. The van der Waals surface area contributed by atoms with Crippen LogP contribution in [0.4, 0.5) is 10.1 Å². The molecule has 0 fully saturated rings. The summed E-state index contributed by atoms with van der Waals surface area (Å²) in [5, 5.41) is 17.7. The summed E-state index contributed by atoms with van der Waals surface area (Å²) in [6, 6.07) is 10.6. The highest BCUT2D eigenvalue weighted by atomic mass is 32.2. The van der Waals surface area contributed by atoms with Gasteiger partial charge in [-0.2, -0.15) is 0 Å². The number of benzene rings is 2. The quantitative estimate of drug-likeness (QED) is 0.372. The lowest BCUT2D eigenvalue weighted by Gasteiger charge is -2.18. The number of aliphatic hydroxyl groups is 1. The van der Waals surface area contributed by atoms with E-state index in [0.717, 1.165) is 27.3 Å². The van der Waals surface area contributed by atoms with Crippen LogP contribution in [0.3, 0.4) is 0 Å². The molecule has 0 aromatic heterocycles. The summed E-state index contributed by atoms with van der Waals surface area (Å²) in [6.07, 6.45) is 0.644. The standard InChI is InChI=1S/C13H18FNO.C9H13NOS.CH5N/c1-8(2)11-5-10(14)6-12(9(3)4)13(11)15-7-16;1-9(2,11)7-4-3-5-8(6-7)12-10;1-2/h5-9H,1-4H3,(H,15,16);3-6,11H,10H2,1-2H3;2H2,1H3. The predicted octanol–water partition coefficient (Wildman–Crippen LogP) is 5.10. The van der Waals surface area contributed by atoms with Crippen LogP contribution < -0.4 is 16.2 Å². The molecule has 7 heteroatoms. The molecule has 0 unspecified atom stereocenters. The van der Waals surface area contributed by atoms with Crippen molar-refractivity contribution < 1.29 is 14.3 Å². The van der Waals surface area contributed by atoms with Crippen molar-refractivity contribution in [3.8, 4) is 0 Å². The van der Waals surface area contributed by atoms with Crippen molar-refractivity contribution in [2.75, 3.05) is 12.4 Å². The van der Waals surface area contributed by atoms with E-state index in [2.05, 4.69) is 11.1 Å². The van der Waals surface area contributed by atoms with Gasteiger partial charge in [0.25, 0.3) is 0 Å². The van der Waals surface area contributed by atoms with Crippen molar-refractivity contribution in [2.24, 2.45) is 10.9 Å². The van der Waals surface area contributed by atoms with Crippen LogP contribution >= 0.6 is 11.9 Å². The lowest BCUT2D eigenvalue weighted by atomic mass is 9.92. The van der Waals surface area contributed by atoms with Gasteiger partial charge in [0.2, 0.25) is 6.41 Å². The van der Waals surface area contributed by atoms with Gasteiger partial charge >= 0.3 is 0 Å². The van der Waals surface area contributed by atoms with Gasteiger partial charge in [-0.25, -0.2) is 4.39 Å². The Labute approximate surface area is 184 Å². The normalized spacial score (nSPS) is 10.7. The van der Waals surface area contributed by atoms with Crippen LogP contribution in [0.5, 0.6) is 0 Å². The van der Waals surface area contributed by atoms with Crippen LogP contribution in [0.15, 0.2) is 41.3 Å². The number of hydrogen-bond acceptors (Lipinski definition) is 5. The summed E-state index contributed by atoms with van der Waals surface area (Å²) in [5.74, 6) is 0.107. The maximum absolute atomic E-state index is 13.5. The second kappa shape index (κ2) is 13.4. The molecule has 1 amide bonds. The highest BCUT2D eigenvalue weighted by Gasteiger charge is 2.16. The number of rotatable bonds is 6. The molecule has 168 valence electrons. The maximum atomic E-state index is 13.5. The number of hydrogen-bond donors (Lipinski definition) is 4. The van der Waals surface area contributed by atoms with Crippen LogP contribution in [0.1, 0.15) is 70.1 Å². The first kappa shape index (κ1) is 28.1. The molecule has 0 spiro atoms. The third-order valence-electron chi connectivity index (χ3n) is 4.29. The zero-order chi connectivity index (χ0) is 23.5. The fraction of sp³-hybridized carbons (Fsp3) is 0.435. The van der Waals surface area contributed by atoms with Crippen molar-refractivity contribution in [3.63, 3.8) is 0 Å². The van der Waals surface area contributed by atoms with E-state index in [0.29, 0.717) is 6.41 Å². The first-order chi connectivity index (χ1) is 14.0. The van der Waals surface area contributed by atoms with E-state index in [1.165, 1.54) is 31.1 Å². The smallest absolute Gasteiger partial charge is 0.211 e. The van der Waals surface area contributed by atoms with Gasteiger partial charge < -0.3 is 16.2 Å². The third kappa shape index (κ3) is 8.83. The van der Waals surface area contributed by atoms with E-state index in [-0.39, 0.29) is 17.7 Å². The number of carbonyl (C=O) groups excluding carboxylic acids is 1. The molecule has 0 radical (unpaired) electrons. The van der Waals surface area contributed by atoms with Gasteiger partial charge in [-0.1, -0.05) is 39.8 Å². The van der Waals surface area contributed by atoms with Crippen LogP contribution in [0, 0.1) is 5.82 Å². The van der Waals surface area contributed by atoms with E-state index in [9.17, 15) is 14.3 Å². The van der Waals surface area contributed by atoms with Crippen LogP contribution in [0.25, 0.3) is 0 Å². The van der Waals surface area contributed by atoms with Gasteiger partial charge in [0, 0.05) is 10.6 Å². The average molecular weight is 438 g/mol. The summed E-state index contributed by atoms with van der Waals surface area (Å²) in [6.45, 7) is 11.4. The Morgan fingerprint density at radius 3 is 1.93 bits per heavy atom. The van der Waals surface area contributed by atoms with Crippen LogP contribution in [-0.2, 0) is 10.4 Å². The number of halogens is 1. The molecule has 5 nitrogen and oxygen atoms in total. The van der Waals surface area contributed by atoms with Gasteiger partial charge in [-0.3, -0.25) is 9.93 Å². The molecule has 0 aliphatic carbocycles. The number of nitrogens with one attached hydrogen (secondary N) is 1. The lowest BCUT2D eigenvalue weighted by Crippen LogP contribution is -2.15. The monoisotopic (exact) mass is 437 g/mol. The number of nitrogens with two attached hydrogens (primary N) is 2. The molecule has 0 bridgehead atoms. The molecule has 2 aromatic rings. The predicted molar refractivity (Wildman–Crippen MR) is 126 cm³/mol. The van der Waals surface area contributed by atoms with E-state index in [4.69, 9.17) is 5.14 Å². The van der Waals surface area contributed by atoms with E-state index >= 15 is 0 Å². The molecule has 6 N–H and O–H groups in total. The summed E-state index contributed by atoms with van der Waals surface area (Å²) in [7, 11) is 1.50. The second-order valence-corrected chi connectivity index (χ2v) is 8.44. The first-order valence-corrected chi connectivity index (χ1v) is 10.7. The fourth-order valence-corrected chi connectivity index (χ4v) is 3.09. The van der Waals surface area contributed by atoms with E-state index in [1.807, 2.05) is 52.0 Å². The summed E-state index contributed by atoms with van der Waals surface area (Å²) in [5.41, 5.74) is 7.04. The molecule has 0 aliphatic rings. The molecule has 0 atom stereocenters. The number of amides is 1. The Morgan fingerprint density at radius 2 is 1.57 bits per heavy atom. The Morgan fingerprint density at radius 1 is 1.07 bits per heavy atom. The Bertz CT molecular complexity index is 761. The third-order valence-corrected chi connectivity index (χ3v) is 4.81. The van der Waals surface area contributed by atoms with Crippen LogP contribution in [-0.4, -0.2) is 18.6 Å². The Hall–Kier alpha value is -1.93. The Kier molecular flexibility index (Phi) is 12.5. The van der Waals surface area contributed by atoms with Crippen molar-refractivity contribution in [3.05, 3.63) is 58.9 Å². The number of anilines is 1. The van der Waals surface area contributed by atoms with Crippen molar-refractivity contribution in [2.45, 2.75) is 63.9 Å². The second-order valence-electron chi connectivity index (χ2n) is 7.74. The summed E-state index contributed by atoms with van der Waals surface area (Å²) < 4.78 is 13.5. The topological polar surface area (TPSA) is 101 Å². The minimum Gasteiger partial charge on any atom is -0.386 e. The highest BCUT2D eigenvalue weighted by Crippen LogP contribution is 2.33. The van der Waals surface area contributed by atoms with Crippen molar-refractivity contribution in [1.82, 2.24) is 0 Å². The molecular formula is C23H36FN3O2S. The van der Waals surface area contributed by atoms with E-state index < -0.39 is 5.60 Å². The molecule has 0 heterocycles. The first-order valence-electron chi connectivity index (χ1n) is 9.82. The molecule has 0 saturated heterocycles. The molecule has 30 heavy (non-hydrogen) atoms. The zero-order valence-corrected chi connectivity index (χ0v) is 19.8. The van der Waals surface area contributed by atoms with E-state index in [1.54, 1.807) is 13.8 Å². The summed E-state index contributed by atoms with van der Waals surface area (Å²) >= 11 is 1.19. The van der Waals surface area contributed by atoms with Gasteiger partial charge in [0.15, 0.2) is 0 Å². The fourth-order valence-electron chi connectivity index (χ4n) is 2.74. The lowest BCUT2D eigenvalue weighted by molar-refractivity contribution is -0.105. The summed E-state index contributed by atoms with van der Waals surface area (Å²) in [4.78, 5) is 11.6. The molecule has 0 aliphatic heterocycles. The average Bonchev–Trinajstić information content (AvgIpc) is 2.70. The minimum absolute atomic E-state index is 0.177. The van der Waals surface area contributed by atoms with Gasteiger partial charge in [-0.05, 0) is 85.6 Å². The van der Waals surface area contributed by atoms with Crippen LogP contribution in [0.2, 0.25) is 0 Å². The molecular weight excluding hydrogens is 401 g/mol. The largest absolute Gasteiger partial charge is 0.386 e. The van der Waals surface area contributed by atoms with Crippen molar-refractivity contribution in [1.29, 1.82) is 0 Å². The van der Waals surface area contributed by atoms with Gasteiger partial charge in [0.05, 0.1) is 5.60 Å². The molecule has 0 saturated carbocycles. The van der Waals surface area contributed by atoms with Gasteiger partial charge in [0.1, 0.15) is 5.82 Å². The van der Waals surface area contributed by atoms with Gasteiger partial charge in [-0.15, -0.1) is 0 Å². The molecule has 2 rings (SSSR count). The van der Waals surface area contributed by atoms with Crippen molar-refractivity contribution >= 4 is 24.0 Å². The maximum Gasteiger partial charge on any atom is 0.211 e. The highest BCUT2D eigenvalue weighted by molar-refractivity contribution is 7.97. The SMILES string of the molecule is CC(C)(O)c1cccc(SN)c1.CC(C)c1cc(F)cc(C(C)C)c1NC=O.CN. The zero-order valence-electron chi connectivity index (χ0n) is 19.0. The Balaban J connectivity index is 0.000000535. The number of carbonyl (C=O) groups is 1. The minimum atomic E-state index is -0.786.